The van der Waals surface area contributed by atoms with E-state index in [1.54, 1.807) is 45.5 Å². The van der Waals surface area contributed by atoms with Crippen molar-refractivity contribution in [2.45, 2.75) is 12.1 Å². The van der Waals surface area contributed by atoms with Crippen molar-refractivity contribution in [3.8, 4) is 23.0 Å². The van der Waals surface area contributed by atoms with Gasteiger partial charge in [-0.3, -0.25) is 4.79 Å². The molecule has 0 saturated carbocycles. The van der Waals surface area contributed by atoms with Crippen molar-refractivity contribution in [3.63, 3.8) is 0 Å². The van der Waals surface area contributed by atoms with Gasteiger partial charge in [0.1, 0.15) is 17.5 Å². The highest BCUT2D eigenvalue weighted by Gasteiger charge is 2.50. The quantitative estimate of drug-likeness (QED) is 0.617. The van der Waals surface area contributed by atoms with Crippen molar-refractivity contribution in [1.82, 2.24) is 4.90 Å². The molecular formula is C21H25NO6. The average molecular weight is 387 g/mol. The first-order chi connectivity index (χ1) is 13.6. The summed E-state index contributed by atoms with van der Waals surface area (Å²) < 4.78 is 27.1. The molecule has 7 nitrogen and oxygen atoms in total. The fourth-order valence-electron chi connectivity index (χ4n) is 3.28. The van der Waals surface area contributed by atoms with Crippen LogP contribution in [-0.2, 0) is 9.53 Å². The van der Waals surface area contributed by atoms with Crippen molar-refractivity contribution in [3.05, 3.63) is 48.0 Å². The Morgan fingerprint density at radius 3 is 2.32 bits per heavy atom. The summed E-state index contributed by atoms with van der Waals surface area (Å²) in [4.78, 5) is 14.5. The van der Waals surface area contributed by atoms with Gasteiger partial charge in [0.25, 0.3) is 5.91 Å². The van der Waals surface area contributed by atoms with Crippen LogP contribution in [0.3, 0.4) is 0 Å². The molecule has 0 aliphatic carbocycles. The van der Waals surface area contributed by atoms with E-state index in [9.17, 15) is 4.79 Å². The summed E-state index contributed by atoms with van der Waals surface area (Å²) >= 11 is 0. The number of hydrogen-bond acceptors (Lipinski definition) is 6. The van der Waals surface area contributed by atoms with Crippen LogP contribution >= 0.6 is 0 Å². The van der Waals surface area contributed by atoms with Crippen LogP contribution in [0.5, 0.6) is 23.0 Å². The van der Waals surface area contributed by atoms with E-state index in [2.05, 4.69) is 0 Å². The van der Waals surface area contributed by atoms with Crippen molar-refractivity contribution in [2.24, 2.45) is 0 Å². The molecule has 150 valence electrons. The Kier molecular flexibility index (Phi) is 6.26. The largest absolute Gasteiger partial charge is 0.497 e. The van der Waals surface area contributed by atoms with Gasteiger partial charge in [-0.05, 0) is 29.8 Å². The number of hydrogen-bond donors (Lipinski definition) is 0. The van der Waals surface area contributed by atoms with Crippen LogP contribution in [0, 0.1) is 0 Å². The molecule has 28 heavy (non-hydrogen) atoms. The molecule has 1 aliphatic heterocycles. The van der Waals surface area contributed by atoms with Gasteiger partial charge in [0, 0.05) is 19.7 Å². The van der Waals surface area contributed by atoms with E-state index in [-0.39, 0.29) is 11.9 Å². The number of β-lactam (4-membered cyclic amide) rings is 1. The van der Waals surface area contributed by atoms with Crippen molar-refractivity contribution >= 4 is 5.91 Å². The van der Waals surface area contributed by atoms with Crippen LogP contribution in [0.2, 0.25) is 0 Å². The monoisotopic (exact) mass is 387 g/mol. The van der Waals surface area contributed by atoms with E-state index < -0.39 is 6.10 Å². The first-order valence-corrected chi connectivity index (χ1v) is 8.95. The Balaban J connectivity index is 1.89. The van der Waals surface area contributed by atoms with E-state index in [0.29, 0.717) is 36.1 Å². The van der Waals surface area contributed by atoms with Crippen LogP contribution < -0.4 is 18.9 Å². The number of ether oxygens (including phenoxy) is 5. The summed E-state index contributed by atoms with van der Waals surface area (Å²) in [6.07, 6.45) is -0.637. The molecule has 0 N–H and O–H groups in total. The van der Waals surface area contributed by atoms with Crippen molar-refractivity contribution in [2.75, 3.05) is 41.6 Å². The maximum atomic E-state index is 12.7. The fourth-order valence-corrected chi connectivity index (χ4v) is 3.28. The third kappa shape index (κ3) is 3.84. The standard InChI is InChI=1S/C21H25NO6/c1-24-11-10-22-19(14-8-9-17(26-3)18(12-14)27-4)20(21(22)23)28-16-7-5-6-15(13-16)25-2/h5-9,12-13,19-20H,10-11H2,1-4H3/t19-,20+/m1/s1. The molecule has 1 heterocycles. The molecule has 0 bridgehead atoms. The smallest absolute Gasteiger partial charge is 0.266 e. The lowest BCUT2D eigenvalue weighted by Gasteiger charge is -2.46. The van der Waals surface area contributed by atoms with E-state index in [1.165, 1.54) is 0 Å². The first-order valence-electron chi connectivity index (χ1n) is 8.95. The van der Waals surface area contributed by atoms with Crippen molar-refractivity contribution < 1.29 is 28.5 Å². The first kappa shape index (κ1) is 19.8. The maximum absolute atomic E-state index is 12.7. The summed E-state index contributed by atoms with van der Waals surface area (Å²) in [5, 5.41) is 0. The van der Waals surface area contributed by atoms with Crippen LogP contribution in [0.1, 0.15) is 11.6 Å². The molecule has 0 aromatic heterocycles. The minimum Gasteiger partial charge on any atom is -0.497 e. The molecular weight excluding hydrogens is 362 g/mol. The molecule has 1 saturated heterocycles. The third-order valence-corrected chi connectivity index (χ3v) is 4.74. The predicted octanol–water partition coefficient (Wildman–Crippen LogP) is 2.69. The molecule has 0 unspecified atom stereocenters. The normalized spacial score (nSPS) is 18.4. The lowest BCUT2D eigenvalue weighted by molar-refractivity contribution is -0.165. The molecule has 3 rings (SSSR count). The molecule has 1 aliphatic rings. The molecule has 2 aromatic rings. The molecule has 7 heteroatoms. The minimum absolute atomic E-state index is 0.0837. The van der Waals surface area contributed by atoms with Crippen molar-refractivity contribution in [1.29, 1.82) is 0 Å². The van der Waals surface area contributed by atoms with Gasteiger partial charge in [0.05, 0.1) is 27.9 Å². The second-order valence-corrected chi connectivity index (χ2v) is 6.30. The highest BCUT2D eigenvalue weighted by molar-refractivity contribution is 5.89. The number of amides is 1. The second kappa shape index (κ2) is 8.84. The van der Waals surface area contributed by atoms with Gasteiger partial charge in [-0.2, -0.15) is 0 Å². The Labute approximate surface area is 164 Å². The number of methoxy groups -OCH3 is 4. The highest BCUT2D eigenvalue weighted by atomic mass is 16.5. The molecule has 0 spiro atoms. The maximum Gasteiger partial charge on any atom is 0.266 e. The number of carbonyl (C=O) groups is 1. The summed E-state index contributed by atoms with van der Waals surface area (Å²) in [5.41, 5.74) is 0.904. The SMILES string of the molecule is COCCN1C(=O)[C@@H](Oc2cccc(OC)c2)[C@H]1c1ccc(OC)c(OC)c1. The predicted molar refractivity (Wildman–Crippen MR) is 103 cm³/mol. The number of likely N-dealkylation sites (tertiary alicyclic amines) is 1. The summed E-state index contributed by atoms with van der Waals surface area (Å²) in [5.74, 6) is 2.40. The van der Waals surface area contributed by atoms with Gasteiger partial charge in [-0.25, -0.2) is 0 Å². The van der Waals surface area contributed by atoms with E-state index in [1.807, 2.05) is 30.3 Å². The lowest BCUT2D eigenvalue weighted by Crippen LogP contribution is -2.61. The molecule has 1 fully saturated rings. The van der Waals surface area contributed by atoms with Gasteiger partial charge in [0.2, 0.25) is 6.10 Å². The minimum atomic E-state index is -0.637. The van der Waals surface area contributed by atoms with Gasteiger partial charge in [-0.1, -0.05) is 12.1 Å². The zero-order chi connectivity index (χ0) is 20.1. The average Bonchev–Trinajstić information content (AvgIpc) is 2.74. The lowest BCUT2D eigenvalue weighted by atomic mass is 9.90. The number of benzene rings is 2. The van der Waals surface area contributed by atoms with Crippen LogP contribution in [-0.4, -0.2) is 58.5 Å². The zero-order valence-electron chi connectivity index (χ0n) is 16.5. The fraction of sp³-hybridized carbons (Fsp3) is 0.381. The zero-order valence-corrected chi connectivity index (χ0v) is 16.5. The Bertz CT molecular complexity index is 824. The van der Waals surface area contributed by atoms with E-state index in [0.717, 1.165) is 5.56 Å². The number of carbonyl (C=O) groups excluding carboxylic acids is 1. The summed E-state index contributed by atoms with van der Waals surface area (Å²) in [6, 6.07) is 12.6. The number of rotatable bonds is 9. The van der Waals surface area contributed by atoms with Crippen LogP contribution in [0.15, 0.2) is 42.5 Å². The van der Waals surface area contributed by atoms with Gasteiger partial charge < -0.3 is 28.6 Å². The number of nitrogens with zero attached hydrogens (tertiary/aromatic N) is 1. The Hall–Kier alpha value is -2.93. The summed E-state index contributed by atoms with van der Waals surface area (Å²) in [7, 11) is 6.37. The van der Waals surface area contributed by atoms with Gasteiger partial charge in [0.15, 0.2) is 11.5 Å². The summed E-state index contributed by atoms with van der Waals surface area (Å²) in [6.45, 7) is 0.924. The molecule has 0 radical (unpaired) electrons. The topological polar surface area (TPSA) is 66.5 Å². The molecule has 2 aromatic carbocycles. The Morgan fingerprint density at radius 1 is 0.893 bits per heavy atom. The van der Waals surface area contributed by atoms with Crippen LogP contribution in [0.25, 0.3) is 0 Å². The Morgan fingerprint density at radius 2 is 1.64 bits per heavy atom. The third-order valence-electron chi connectivity index (χ3n) is 4.74. The van der Waals surface area contributed by atoms with Crippen LogP contribution in [0.4, 0.5) is 0 Å². The van der Waals surface area contributed by atoms with E-state index in [4.69, 9.17) is 23.7 Å². The molecule has 2 atom stereocenters. The van der Waals surface area contributed by atoms with E-state index >= 15 is 0 Å². The van der Waals surface area contributed by atoms with Gasteiger partial charge >= 0.3 is 0 Å². The highest BCUT2D eigenvalue weighted by Crippen LogP contribution is 2.40. The second-order valence-electron chi connectivity index (χ2n) is 6.30. The molecule has 1 amide bonds. The van der Waals surface area contributed by atoms with Gasteiger partial charge in [-0.15, -0.1) is 0 Å².